The standard InChI is InChI=1S/C6H13N3O2/c1-6(2,11-3)5(10)4-8-9-7/h5,10H,4H2,1-3H3. The molecule has 11 heavy (non-hydrogen) atoms. The van der Waals surface area contributed by atoms with Gasteiger partial charge in [0.1, 0.15) is 0 Å². The Morgan fingerprint density at radius 1 is 1.73 bits per heavy atom. The first-order valence-corrected chi connectivity index (χ1v) is 3.28. The van der Waals surface area contributed by atoms with Gasteiger partial charge in [0.2, 0.25) is 0 Å². The van der Waals surface area contributed by atoms with Crippen molar-refractivity contribution in [1.29, 1.82) is 0 Å². The molecule has 0 aliphatic carbocycles. The van der Waals surface area contributed by atoms with Crippen molar-refractivity contribution in [1.82, 2.24) is 0 Å². The highest BCUT2D eigenvalue weighted by molar-refractivity contribution is 4.79. The van der Waals surface area contributed by atoms with E-state index < -0.39 is 11.7 Å². The molecule has 0 saturated carbocycles. The van der Waals surface area contributed by atoms with Crippen LogP contribution < -0.4 is 0 Å². The Bertz CT molecular complexity index is 163. The van der Waals surface area contributed by atoms with Gasteiger partial charge >= 0.3 is 0 Å². The molecule has 64 valence electrons. The Balaban J connectivity index is 4.00. The van der Waals surface area contributed by atoms with Crippen LogP contribution >= 0.6 is 0 Å². The summed E-state index contributed by atoms with van der Waals surface area (Å²) in [5.41, 5.74) is 7.30. The number of nitrogens with zero attached hydrogens (tertiary/aromatic N) is 3. The van der Waals surface area contributed by atoms with Crippen molar-refractivity contribution in [3.05, 3.63) is 10.4 Å². The number of hydrogen-bond donors (Lipinski definition) is 1. The second-order valence-corrected chi connectivity index (χ2v) is 2.74. The fraction of sp³-hybridized carbons (Fsp3) is 1.00. The van der Waals surface area contributed by atoms with Crippen LogP contribution in [0.4, 0.5) is 0 Å². The molecule has 1 N–H and O–H groups in total. The molecule has 1 unspecified atom stereocenters. The number of azide groups is 1. The minimum absolute atomic E-state index is 0.0390. The number of ether oxygens (including phenoxy) is 1. The van der Waals surface area contributed by atoms with Gasteiger partial charge in [-0.3, -0.25) is 0 Å². The van der Waals surface area contributed by atoms with Gasteiger partial charge in [-0.15, -0.1) is 0 Å². The van der Waals surface area contributed by atoms with Gasteiger partial charge in [-0.2, -0.15) is 0 Å². The van der Waals surface area contributed by atoms with Gasteiger partial charge in [0.25, 0.3) is 0 Å². The average Bonchev–Trinajstić information content (AvgIpc) is 2.00. The van der Waals surface area contributed by atoms with E-state index in [1.165, 1.54) is 7.11 Å². The molecule has 0 saturated heterocycles. The summed E-state index contributed by atoms with van der Waals surface area (Å²) in [7, 11) is 1.50. The van der Waals surface area contributed by atoms with Gasteiger partial charge in [0, 0.05) is 12.0 Å². The molecule has 0 aromatic heterocycles. The number of rotatable bonds is 4. The molecule has 0 aromatic carbocycles. The van der Waals surface area contributed by atoms with Crippen molar-refractivity contribution in [3.63, 3.8) is 0 Å². The van der Waals surface area contributed by atoms with Gasteiger partial charge in [-0.25, -0.2) is 0 Å². The molecule has 1 atom stereocenters. The lowest BCUT2D eigenvalue weighted by Crippen LogP contribution is -2.39. The number of hydrogen-bond acceptors (Lipinski definition) is 3. The van der Waals surface area contributed by atoms with Crippen LogP contribution in [-0.4, -0.2) is 30.5 Å². The minimum atomic E-state index is -0.761. The molecule has 0 rings (SSSR count). The van der Waals surface area contributed by atoms with Crippen molar-refractivity contribution in [2.24, 2.45) is 5.11 Å². The highest BCUT2D eigenvalue weighted by Gasteiger charge is 2.26. The lowest BCUT2D eigenvalue weighted by molar-refractivity contribution is -0.0725. The summed E-state index contributed by atoms with van der Waals surface area (Å²) in [6, 6.07) is 0. The lowest BCUT2D eigenvalue weighted by atomic mass is 10.0. The summed E-state index contributed by atoms with van der Waals surface area (Å²) in [4.78, 5) is 2.53. The van der Waals surface area contributed by atoms with Crippen LogP contribution in [0.3, 0.4) is 0 Å². The molecular weight excluding hydrogens is 146 g/mol. The van der Waals surface area contributed by atoms with Crippen molar-refractivity contribution in [2.45, 2.75) is 25.6 Å². The van der Waals surface area contributed by atoms with Gasteiger partial charge < -0.3 is 9.84 Å². The molecule has 0 aliphatic heterocycles. The average molecular weight is 159 g/mol. The Labute approximate surface area is 65.6 Å². The Kier molecular flexibility index (Phi) is 3.89. The molecule has 0 aliphatic rings. The zero-order valence-corrected chi connectivity index (χ0v) is 6.98. The lowest BCUT2D eigenvalue weighted by Gasteiger charge is -2.27. The van der Waals surface area contributed by atoms with Gasteiger partial charge in [-0.1, -0.05) is 5.11 Å². The van der Waals surface area contributed by atoms with E-state index in [4.69, 9.17) is 10.3 Å². The summed E-state index contributed by atoms with van der Waals surface area (Å²) in [6.45, 7) is 3.49. The fourth-order valence-electron chi connectivity index (χ4n) is 0.470. The van der Waals surface area contributed by atoms with E-state index in [1.54, 1.807) is 13.8 Å². The summed E-state index contributed by atoms with van der Waals surface area (Å²) in [5.74, 6) is 0. The maximum atomic E-state index is 9.32. The molecule has 0 heterocycles. The Morgan fingerprint density at radius 2 is 2.27 bits per heavy atom. The first kappa shape index (κ1) is 10.2. The van der Waals surface area contributed by atoms with E-state index in [9.17, 15) is 5.11 Å². The third kappa shape index (κ3) is 3.23. The van der Waals surface area contributed by atoms with E-state index in [1.807, 2.05) is 0 Å². The quantitative estimate of drug-likeness (QED) is 0.378. The van der Waals surface area contributed by atoms with Crippen molar-refractivity contribution >= 4 is 0 Å². The van der Waals surface area contributed by atoms with Crippen LogP contribution in [0.15, 0.2) is 5.11 Å². The highest BCUT2D eigenvalue weighted by Crippen LogP contribution is 2.13. The maximum absolute atomic E-state index is 9.32. The van der Waals surface area contributed by atoms with E-state index in [-0.39, 0.29) is 6.54 Å². The van der Waals surface area contributed by atoms with Crippen LogP contribution in [0.1, 0.15) is 13.8 Å². The number of methoxy groups -OCH3 is 1. The largest absolute Gasteiger partial charge is 0.390 e. The summed E-state index contributed by atoms with van der Waals surface area (Å²) in [6.07, 6.45) is -0.761. The zero-order chi connectivity index (χ0) is 8.91. The third-order valence-corrected chi connectivity index (χ3v) is 1.65. The molecule has 0 spiro atoms. The highest BCUT2D eigenvalue weighted by atomic mass is 16.5. The predicted octanol–water partition coefficient (Wildman–Crippen LogP) is 1.08. The Hall–Kier alpha value is -0.770. The maximum Gasteiger partial charge on any atom is 0.0881 e. The minimum Gasteiger partial charge on any atom is -0.390 e. The van der Waals surface area contributed by atoms with Gasteiger partial charge in [0.15, 0.2) is 0 Å². The van der Waals surface area contributed by atoms with Crippen molar-refractivity contribution in [2.75, 3.05) is 13.7 Å². The Morgan fingerprint density at radius 3 is 2.64 bits per heavy atom. The number of aliphatic hydroxyl groups is 1. The smallest absolute Gasteiger partial charge is 0.0881 e. The summed E-state index contributed by atoms with van der Waals surface area (Å²) in [5, 5.41) is 12.6. The topological polar surface area (TPSA) is 78.2 Å². The normalized spacial score (nSPS) is 13.8. The third-order valence-electron chi connectivity index (χ3n) is 1.65. The fourth-order valence-corrected chi connectivity index (χ4v) is 0.470. The molecule has 0 bridgehead atoms. The van der Waals surface area contributed by atoms with E-state index in [2.05, 4.69) is 10.0 Å². The van der Waals surface area contributed by atoms with Crippen LogP contribution in [-0.2, 0) is 4.74 Å². The predicted molar refractivity (Wildman–Crippen MR) is 41.1 cm³/mol. The molecule has 0 radical (unpaired) electrons. The van der Waals surface area contributed by atoms with Crippen molar-refractivity contribution in [3.8, 4) is 0 Å². The van der Waals surface area contributed by atoms with E-state index in [0.29, 0.717) is 0 Å². The van der Waals surface area contributed by atoms with Crippen LogP contribution in [0.5, 0.6) is 0 Å². The monoisotopic (exact) mass is 159 g/mol. The molecular formula is C6H13N3O2. The second kappa shape index (κ2) is 4.18. The number of aliphatic hydroxyl groups excluding tert-OH is 1. The van der Waals surface area contributed by atoms with E-state index >= 15 is 0 Å². The summed E-state index contributed by atoms with van der Waals surface area (Å²) >= 11 is 0. The molecule has 0 amide bonds. The van der Waals surface area contributed by atoms with Crippen molar-refractivity contribution < 1.29 is 9.84 Å². The van der Waals surface area contributed by atoms with Gasteiger partial charge in [-0.05, 0) is 19.4 Å². The SMILES string of the molecule is COC(C)(C)C(O)CN=[N+]=[N-]. The van der Waals surface area contributed by atoms with Gasteiger partial charge in [0.05, 0.1) is 18.2 Å². The molecule has 0 fully saturated rings. The zero-order valence-electron chi connectivity index (χ0n) is 6.98. The summed E-state index contributed by atoms with van der Waals surface area (Å²) < 4.78 is 4.96. The molecule has 5 nitrogen and oxygen atoms in total. The first-order valence-electron chi connectivity index (χ1n) is 3.28. The second-order valence-electron chi connectivity index (χ2n) is 2.74. The van der Waals surface area contributed by atoms with Crippen LogP contribution in [0.25, 0.3) is 10.4 Å². The van der Waals surface area contributed by atoms with E-state index in [0.717, 1.165) is 0 Å². The molecule has 5 heteroatoms. The molecule has 0 aromatic rings. The first-order chi connectivity index (χ1) is 5.04. The van der Waals surface area contributed by atoms with Crippen LogP contribution in [0.2, 0.25) is 0 Å². The van der Waals surface area contributed by atoms with Crippen LogP contribution in [0, 0.1) is 0 Å².